The number of carbonyl (C=O) groups is 1. The van der Waals surface area contributed by atoms with Crippen LogP contribution in [0.2, 0.25) is 0 Å². The largest absolute Gasteiger partial charge is 0.386 e. The molecule has 0 aliphatic carbocycles. The number of thiophene rings is 1. The number of amides is 1. The van der Waals surface area contributed by atoms with Crippen molar-refractivity contribution in [3.63, 3.8) is 0 Å². The summed E-state index contributed by atoms with van der Waals surface area (Å²) in [5, 5.41) is 10.7. The third-order valence-electron chi connectivity index (χ3n) is 3.52. The molecule has 0 saturated heterocycles. The number of nitrogens with two attached hydrogens (primary N) is 1. The van der Waals surface area contributed by atoms with Crippen LogP contribution in [0.5, 0.6) is 0 Å². The van der Waals surface area contributed by atoms with E-state index in [1.807, 2.05) is 6.07 Å². The summed E-state index contributed by atoms with van der Waals surface area (Å²) in [5.74, 6) is 0.0718. The molecule has 1 aromatic heterocycles. The quantitative estimate of drug-likeness (QED) is 0.775. The molecule has 2 atom stereocenters. The zero-order valence-corrected chi connectivity index (χ0v) is 13.6. The van der Waals surface area contributed by atoms with Gasteiger partial charge in [0.25, 0.3) is 5.91 Å². The number of rotatable bonds is 8. The van der Waals surface area contributed by atoms with Crippen LogP contribution < -0.4 is 5.73 Å². The molecular formula is C15H26N2O2S. The zero-order valence-electron chi connectivity index (χ0n) is 12.8. The molecule has 0 bridgehead atoms. The second kappa shape index (κ2) is 7.76. The van der Waals surface area contributed by atoms with Gasteiger partial charge in [-0.25, -0.2) is 0 Å². The van der Waals surface area contributed by atoms with Crippen LogP contribution in [0.25, 0.3) is 0 Å². The van der Waals surface area contributed by atoms with Gasteiger partial charge >= 0.3 is 0 Å². The Hall–Kier alpha value is -0.910. The Morgan fingerprint density at radius 2 is 1.95 bits per heavy atom. The molecule has 5 heteroatoms. The van der Waals surface area contributed by atoms with E-state index in [9.17, 15) is 9.90 Å². The van der Waals surface area contributed by atoms with Crippen LogP contribution in [0.4, 0.5) is 0 Å². The van der Waals surface area contributed by atoms with Gasteiger partial charge < -0.3 is 10.8 Å². The molecule has 114 valence electrons. The van der Waals surface area contributed by atoms with Gasteiger partial charge in [-0.15, -0.1) is 11.3 Å². The SMILES string of the molecule is CCN(CC)C(CC(C)C)C(O)c1ccc(C(N)=O)s1. The Balaban J connectivity index is 2.95. The fraction of sp³-hybridized carbons (Fsp3) is 0.667. The maximum atomic E-state index is 11.2. The number of carbonyl (C=O) groups excluding carboxylic acids is 1. The molecule has 20 heavy (non-hydrogen) atoms. The van der Waals surface area contributed by atoms with Crippen LogP contribution in [0.15, 0.2) is 12.1 Å². The lowest BCUT2D eigenvalue weighted by Crippen LogP contribution is -2.40. The average Bonchev–Trinajstić information content (AvgIpc) is 2.87. The number of primary amides is 1. The van der Waals surface area contributed by atoms with Crippen molar-refractivity contribution in [3.8, 4) is 0 Å². The molecule has 4 nitrogen and oxygen atoms in total. The monoisotopic (exact) mass is 298 g/mol. The third-order valence-corrected chi connectivity index (χ3v) is 4.69. The van der Waals surface area contributed by atoms with Gasteiger partial charge in [0.15, 0.2) is 0 Å². The average molecular weight is 298 g/mol. The third kappa shape index (κ3) is 4.30. The van der Waals surface area contributed by atoms with E-state index in [-0.39, 0.29) is 6.04 Å². The van der Waals surface area contributed by atoms with Gasteiger partial charge in [-0.1, -0.05) is 27.7 Å². The minimum absolute atomic E-state index is 0.0735. The highest BCUT2D eigenvalue weighted by Gasteiger charge is 2.27. The summed E-state index contributed by atoms with van der Waals surface area (Å²) >= 11 is 1.29. The van der Waals surface area contributed by atoms with Crippen LogP contribution in [0.3, 0.4) is 0 Å². The number of aliphatic hydroxyl groups excluding tert-OH is 1. The molecule has 0 spiro atoms. The Labute approximate surface area is 125 Å². The topological polar surface area (TPSA) is 66.6 Å². The van der Waals surface area contributed by atoms with Crippen molar-refractivity contribution < 1.29 is 9.90 Å². The first-order valence-corrected chi connectivity index (χ1v) is 8.03. The van der Waals surface area contributed by atoms with Crippen molar-refractivity contribution in [2.24, 2.45) is 11.7 Å². The molecule has 0 radical (unpaired) electrons. The molecule has 1 aromatic rings. The van der Waals surface area contributed by atoms with Gasteiger partial charge in [0.05, 0.1) is 4.88 Å². The predicted octanol–water partition coefficient (Wildman–Crippen LogP) is 2.64. The molecule has 1 rings (SSSR count). The summed E-state index contributed by atoms with van der Waals surface area (Å²) in [7, 11) is 0. The lowest BCUT2D eigenvalue weighted by molar-refractivity contribution is 0.0439. The number of hydrogen-bond donors (Lipinski definition) is 2. The van der Waals surface area contributed by atoms with Gasteiger partial charge in [0, 0.05) is 10.9 Å². The highest BCUT2D eigenvalue weighted by Crippen LogP contribution is 2.30. The van der Waals surface area contributed by atoms with Crippen LogP contribution in [-0.4, -0.2) is 35.0 Å². The summed E-state index contributed by atoms with van der Waals surface area (Å²) in [6, 6.07) is 3.58. The summed E-state index contributed by atoms with van der Waals surface area (Å²) in [5.41, 5.74) is 5.28. The number of hydrogen-bond acceptors (Lipinski definition) is 4. The van der Waals surface area contributed by atoms with Crippen LogP contribution in [-0.2, 0) is 0 Å². The summed E-state index contributed by atoms with van der Waals surface area (Å²) in [4.78, 5) is 14.8. The smallest absolute Gasteiger partial charge is 0.258 e. The maximum Gasteiger partial charge on any atom is 0.258 e. The highest BCUT2D eigenvalue weighted by atomic mass is 32.1. The maximum absolute atomic E-state index is 11.2. The predicted molar refractivity (Wildman–Crippen MR) is 84.0 cm³/mol. The number of nitrogens with zero attached hydrogens (tertiary/aromatic N) is 1. The standard InChI is InChI=1S/C15H26N2O2S/c1-5-17(6-2)11(9-10(3)4)14(18)12-7-8-13(20-12)15(16)19/h7-8,10-11,14,18H,5-6,9H2,1-4H3,(H2,16,19). The van der Waals surface area contributed by atoms with E-state index < -0.39 is 12.0 Å². The van der Waals surface area contributed by atoms with Crippen molar-refractivity contribution >= 4 is 17.2 Å². The van der Waals surface area contributed by atoms with Gasteiger partial charge in [0.1, 0.15) is 6.10 Å². The van der Waals surface area contributed by atoms with E-state index in [2.05, 4.69) is 32.6 Å². The van der Waals surface area contributed by atoms with E-state index in [0.29, 0.717) is 10.8 Å². The normalized spacial score (nSPS) is 14.8. The van der Waals surface area contributed by atoms with E-state index in [1.165, 1.54) is 11.3 Å². The molecule has 3 N–H and O–H groups in total. The van der Waals surface area contributed by atoms with Gasteiger partial charge in [-0.05, 0) is 37.6 Å². The Kier molecular flexibility index (Phi) is 6.65. The van der Waals surface area contributed by atoms with Crippen molar-refractivity contribution in [1.82, 2.24) is 4.90 Å². The van der Waals surface area contributed by atoms with Gasteiger partial charge in [0.2, 0.25) is 0 Å². The van der Waals surface area contributed by atoms with Crippen molar-refractivity contribution in [3.05, 3.63) is 21.9 Å². The van der Waals surface area contributed by atoms with E-state index in [4.69, 9.17) is 5.73 Å². The molecule has 0 fully saturated rings. The minimum Gasteiger partial charge on any atom is -0.386 e. The second-order valence-electron chi connectivity index (χ2n) is 5.43. The summed E-state index contributed by atoms with van der Waals surface area (Å²) in [6.07, 6.45) is 0.350. The molecule has 0 saturated carbocycles. The van der Waals surface area contributed by atoms with Gasteiger partial charge in [-0.2, -0.15) is 0 Å². The summed E-state index contributed by atoms with van der Waals surface area (Å²) in [6.45, 7) is 10.3. The molecule has 0 aromatic carbocycles. The Morgan fingerprint density at radius 1 is 1.35 bits per heavy atom. The van der Waals surface area contributed by atoms with Crippen molar-refractivity contribution in [2.45, 2.75) is 46.3 Å². The Bertz CT molecular complexity index is 427. The van der Waals surface area contributed by atoms with E-state index in [0.717, 1.165) is 24.4 Å². The molecular weight excluding hydrogens is 272 g/mol. The number of aliphatic hydroxyl groups is 1. The fourth-order valence-corrected chi connectivity index (χ4v) is 3.39. The van der Waals surface area contributed by atoms with Crippen molar-refractivity contribution in [2.75, 3.05) is 13.1 Å². The minimum atomic E-state index is -0.574. The second-order valence-corrected chi connectivity index (χ2v) is 6.54. The first-order chi connectivity index (χ1) is 9.40. The first-order valence-electron chi connectivity index (χ1n) is 7.22. The van der Waals surface area contributed by atoms with E-state index in [1.54, 1.807) is 6.07 Å². The van der Waals surface area contributed by atoms with Gasteiger partial charge in [-0.3, -0.25) is 9.69 Å². The Morgan fingerprint density at radius 3 is 2.35 bits per heavy atom. The van der Waals surface area contributed by atoms with E-state index >= 15 is 0 Å². The van der Waals surface area contributed by atoms with Crippen LogP contribution in [0.1, 0.15) is 54.8 Å². The summed E-state index contributed by atoms with van der Waals surface area (Å²) < 4.78 is 0. The first kappa shape index (κ1) is 17.1. The van der Waals surface area contributed by atoms with Crippen molar-refractivity contribution in [1.29, 1.82) is 0 Å². The van der Waals surface area contributed by atoms with Crippen LogP contribution >= 0.6 is 11.3 Å². The molecule has 0 aliphatic rings. The highest BCUT2D eigenvalue weighted by molar-refractivity contribution is 7.14. The number of likely N-dealkylation sites (N-methyl/N-ethyl adjacent to an activating group) is 1. The lowest BCUT2D eigenvalue weighted by Gasteiger charge is -2.34. The lowest BCUT2D eigenvalue weighted by atomic mass is 9.96. The molecule has 2 unspecified atom stereocenters. The molecule has 1 heterocycles. The molecule has 0 aliphatic heterocycles. The fourth-order valence-electron chi connectivity index (χ4n) is 2.49. The zero-order chi connectivity index (χ0) is 15.3. The molecule has 1 amide bonds. The van der Waals surface area contributed by atoms with Crippen LogP contribution in [0, 0.1) is 5.92 Å².